The van der Waals surface area contributed by atoms with Gasteiger partial charge in [0.25, 0.3) is 0 Å². The van der Waals surface area contributed by atoms with Crippen molar-refractivity contribution in [3.63, 3.8) is 0 Å². The normalized spacial score (nSPS) is 11.6. The molecule has 1 aromatic rings. The molecule has 0 unspecified atom stereocenters. The number of allylic oxidation sites excluding steroid dienone is 2. The molecule has 0 fully saturated rings. The van der Waals surface area contributed by atoms with Crippen LogP contribution >= 0.6 is 0 Å². The molecule has 2 nitrogen and oxygen atoms in total. The molecule has 0 spiro atoms. The Hall–Kier alpha value is -1.44. The first kappa shape index (κ1) is 6.68. The Morgan fingerprint density at radius 3 is 2.90 bits per heavy atom. The second-order valence-electron chi connectivity index (χ2n) is 1.72. The zero-order valence-corrected chi connectivity index (χ0v) is 5.40. The largest absolute Gasteiger partial charge is 0.516 e. The highest BCUT2D eigenvalue weighted by Crippen LogP contribution is 2.01. The van der Waals surface area contributed by atoms with Crippen molar-refractivity contribution in [3.8, 4) is 0 Å². The summed E-state index contributed by atoms with van der Waals surface area (Å²) in [7, 11) is 0. The molecule has 2 heteroatoms. The van der Waals surface area contributed by atoms with E-state index in [2.05, 4.69) is 0 Å². The van der Waals surface area contributed by atoms with Crippen LogP contribution in [0.1, 0.15) is 5.76 Å². The Labute approximate surface area is 59.1 Å². The smallest absolute Gasteiger partial charge is 0.126 e. The summed E-state index contributed by atoms with van der Waals surface area (Å²) < 4.78 is 4.98. The number of hydrogen-bond donors (Lipinski definition) is 1. The van der Waals surface area contributed by atoms with Gasteiger partial charge in [-0.3, -0.25) is 0 Å². The Morgan fingerprint density at radius 2 is 2.30 bits per heavy atom. The molecule has 0 saturated carbocycles. The molecule has 0 atom stereocenters. The third kappa shape index (κ3) is 1.82. The molecular formula is C8H8O2. The maximum absolute atomic E-state index is 8.23. The fraction of sp³-hybridized carbons (Fsp3) is 0. The predicted octanol–water partition coefficient (Wildman–Crippen LogP) is 2.36. The van der Waals surface area contributed by atoms with Gasteiger partial charge in [-0.05, 0) is 24.3 Å². The van der Waals surface area contributed by atoms with Crippen molar-refractivity contribution in [3.05, 3.63) is 42.6 Å². The van der Waals surface area contributed by atoms with Crippen molar-refractivity contribution in [1.82, 2.24) is 0 Å². The Kier molecular flexibility index (Phi) is 2.38. The van der Waals surface area contributed by atoms with E-state index in [1.807, 2.05) is 12.1 Å². The predicted molar refractivity (Wildman–Crippen MR) is 39.5 cm³/mol. The van der Waals surface area contributed by atoms with E-state index in [0.717, 1.165) is 12.0 Å². The molecule has 1 N–H and O–H groups in total. The highest BCUT2D eigenvalue weighted by molar-refractivity contribution is 5.44. The quantitative estimate of drug-likeness (QED) is 0.500. The van der Waals surface area contributed by atoms with Gasteiger partial charge in [-0.25, -0.2) is 0 Å². The molecule has 10 heavy (non-hydrogen) atoms. The average Bonchev–Trinajstić information content (AvgIpc) is 2.41. The first-order chi connectivity index (χ1) is 4.93. The van der Waals surface area contributed by atoms with Gasteiger partial charge in [-0.15, -0.1) is 0 Å². The van der Waals surface area contributed by atoms with Crippen LogP contribution < -0.4 is 0 Å². The van der Waals surface area contributed by atoms with Crippen LogP contribution in [0.5, 0.6) is 0 Å². The van der Waals surface area contributed by atoms with E-state index in [1.54, 1.807) is 18.4 Å². The Bertz CT molecular complexity index is 219. The monoisotopic (exact) mass is 136 g/mol. The summed E-state index contributed by atoms with van der Waals surface area (Å²) in [6.45, 7) is 0. The molecule has 1 heterocycles. The first-order valence-electron chi connectivity index (χ1n) is 2.94. The van der Waals surface area contributed by atoms with Crippen LogP contribution in [0.25, 0.3) is 6.08 Å². The van der Waals surface area contributed by atoms with Crippen LogP contribution in [0.3, 0.4) is 0 Å². The van der Waals surface area contributed by atoms with Gasteiger partial charge < -0.3 is 9.52 Å². The molecule has 0 aliphatic heterocycles. The molecule has 0 aliphatic carbocycles. The lowest BCUT2D eigenvalue weighted by molar-refractivity contribution is 0.474. The minimum absolute atomic E-state index is 0.776. The van der Waals surface area contributed by atoms with Crippen molar-refractivity contribution in [2.24, 2.45) is 0 Å². The summed E-state index contributed by atoms with van der Waals surface area (Å²) in [5.74, 6) is 0.776. The van der Waals surface area contributed by atoms with Crippen molar-refractivity contribution in [2.45, 2.75) is 0 Å². The zero-order valence-electron chi connectivity index (χ0n) is 5.40. The highest BCUT2D eigenvalue weighted by Gasteiger charge is 1.82. The first-order valence-corrected chi connectivity index (χ1v) is 2.94. The van der Waals surface area contributed by atoms with E-state index < -0.39 is 0 Å². The lowest BCUT2D eigenvalue weighted by Crippen LogP contribution is -1.57. The third-order valence-electron chi connectivity index (χ3n) is 1.00. The second kappa shape index (κ2) is 3.56. The lowest BCUT2D eigenvalue weighted by atomic mass is 10.4. The number of hydrogen-bond acceptors (Lipinski definition) is 2. The number of aliphatic hydroxyl groups is 1. The third-order valence-corrected chi connectivity index (χ3v) is 1.00. The van der Waals surface area contributed by atoms with Crippen LogP contribution in [0.2, 0.25) is 0 Å². The van der Waals surface area contributed by atoms with E-state index in [0.29, 0.717) is 0 Å². The maximum Gasteiger partial charge on any atom is 0.126 e. The summed E-state index contributed by atoms with van der Waals surface area (Å²) >= 11 is 0. The minimum Gasteiger partial charge on any atom is -0.516 e. The van der Waals surface area contributed by atoms with Crippen LogP contribution in [0, 0.1) is 0 Å². The Morgan fingerprint density at radius 1 is 1.40 bits per heavy atom. The van der Waals surface area contributed by atoms with Gasteiger partial charge in [0.15, 0.2) is 0 Å². The van der Waals surface area contributed by atoms with Gasteiger partial charge in [0.05, 0.1) is 12.5 Å². The van der Waals surface area contributed by atoms with Gasteiger partial charge in [-0.1, -0.05) is 6.08 Å². The molecule has 1 aromatic heterocycles. The Balaban J connectivity index is 2.55. The van der Waals surface area contributed by atoms with Gasteiger partial charge in [0, 0.05) is 0 Å². The van der Waals surface area contributed by atoms with Gasteiger partial charge in [-0.2, -0.15) is 0 Å². The van der Waals surface area contributed by atoms with Crippen LogP contribution in [0.4, 0.5) is 0 Å². The number of furan rings is 1. The number of aliphatic hydroxyl groups excluding tert-OH is 1. The van der Waals surface area contributed by atoms with Gasteiger partial charge in [0.2, 0.25) is 0 Å². The summed E-state index contributed by atoms with van der Waals surface area (Å²) in [5.41, 5.74) is 0. The molecular weight excluding hydrogens is 128 g/mol. The van der Waals surface area contributed by atoms with Crippen LogP contribution in [-0.2, 0) is 0 Å². The van der Waals surface area contributed by atoms with Crippen molar-refractivity contribution in [1.29, 1.82) is 0 Å². The minimum atomic E-state index is 0.776. The van der Waals surface area contributed by atoms with Gasteiger partial charge in [0.1, 0.15) is 5.76 Å². The maximum atomic E-state index is 8.23. The molecule has 1 rings (SSSR count). The van der Waals surface area contributed by atoms with Crippen LogP contribution in [0.15, 0.2) is 41.2 Å². The lowest BCUT2D eigenvalue weighted by Gasteiger charge is -1.77. The summed E-state index contributed by atoms with van der Waals surface area (Å²) in [5, 5.41) is 8.23. The molecule has 0 radical (unpaired) electrons. The fourth-order valence-electron chi connectivity index (χ4n) is 0.586. The standard InChI is InChI=1S/C8H8O2/c9-6-2-1-4-8-5-3-7-10-8/h1-7,9H. The van der Waals surface area contributed by atoms with Crippen molar-refractivity contribution < 1.29 is 9.52 Å². The SMILES string of the molecule is OC=CC=Cc1ccco1. The molecule has 0 aromatic carbocycles. The van der Waals surface area contributed by atoms with Crippen molar-refractivity contribution >= 4 is 6.08 Å². The van der Waals surface area contributed by atoms with E-state index in [-0.39, 0.29) is 0 Å². The zero-order chi connectivity index (χ0) is 7.23. The van der Waals surface area contributed by atoms with Gasteiger partial charge >= 0.3 is 0 Å². The summed E-state index contributed by atoms with van der Waals surface area (Å²) in [6.07, 6.45) is 7.54. The molecule has 52 valence electrons. The summed E-state index contributed by atoms with van der Waals surface area (Å²) in [6, 6.07) is 3.64. The number of rotatable bonds is 2. The summed E-state index contributed by atoms with van der Waals surface area (Å²) in [4.78, 5) is 0. The van der Waals surface area contributed by atoms with E-state index >= 15 is 0 Å². The average molecular weight is 136 g/mol. The highest BCUT2D eigenvalue weighted by atomic mass is 16.3. The molecule has 0 amide bonds. The molecule has 0 aliphatic rings. The molecule has 0 bridgehead atoms. The second-order valence-corrected chi connectivity index (χ2v) is 1.72. The van der Waals surface area contributed by atoms with Crippen LogP contribution in [-0.4, -0.2) is 5.11 Å². The topological polar surface area (TPSA) is 33.4 Å². The van der Waals surface area contributed by atoms with E-state index in [9.17, 15) is 0 Å². The fourth-order valence-corrected chi connectivity index (χ4v) is 0.586. The van der Waals surface area contributed by atoms with E-state index in [1.165, 1.54) is 6.08 Å². The van der Waals surface area contributed by atoms with E-state index in [4.69, 9.17) is 9.52 Å². The molecule has 0 saturated heterocycles. The van der Waals surface area contributed by atoms with Crippen molar-refractivity contribution in [2.75, 3.05) is 0 Å².